The molecule has 4 N–H and O–H groups in total. The monoisotopic (exact) mass is 598 g/mol. The van der Waals surface area contributed by atoms with E-state index in [4.69, 9.17) is 21.5 Å². The van der Waals surface area contributed by atoms with Crippen LogP contribution in [0.15, 0.2) is 91.0 Å². The number of nitrogens with one attached hydrogen (secondary N) is 2. The standard InChI is InChI=1S/C27H18ClFN4O2.C2HF3O2/c28-20-11-6-12-23(24(20)29)33-25(34)18-9-4-5-10-19(18)27(33,35)16-13-14-21-22(15-16)32-26(31-21)30-17-7-2-1-3-8-17;3-2(4,5)1(6)7/h1-15,35H,(H2,30,31,32);(H,6,7). The molecule has 0 saturated heterocycles. The fourth-order valence-corrected chi connectivity index (χ4v) is 4.70. The highest BCUT2D eigenvalue weighted by atomic mass is 35.5. The summed E-state index contributed by atoms with van der Waals surface area (Å²) in [6.45, 7) is 0. The first-order valence-corrected chi connectivity index (χ1v) is 12.5. The number of aromatic amines is 1. The number of aromatic nitrogens is 2. The van der Waals surface area contributed by atoms with Crippen LogP contribution in [0.5, 0.6) is 0 Å². The molecule has 5 aromatic rings. The number of aliphatic hydroxyl groups is 1. The van der Waals surface area contributed by atoms with E-state index >= 15 is 4.39 Å². The van der Waals surface area contributed by atoms with Gasteiger partial charge < -0.3 is 20.5 Å². The van der Waals surface area contributed by atoms with Crippen LogP contribution in [0.2, 0.25) is 5.02 Å². The van der Waals surface area contributed by atoms with Crippen molar-refractivity contribution >= 4 is 51.8 Å². The van der Waals surface area contributed by atoms with Crippen LogP contribution in [0.4, 0.5) is 34.9 Å². The Balaban J connectivity index is 0.000000451. The minimum atomic E-state index is -5.08. The zero-order valence-corrected chi connectivity index (χ0v) is 21.9. The maximum absolute atomic E-state index is 15.1. The van der Waals surface area contributed by atoms with Gasteiger partial charge in [-0.05, 0) is 42.5 Å². The minimum Gasteiger partial charge on any atom is -0.475 e. The predicted octanol–water partition coefficient (Wildman–Crippen LogP) is 6.59. The predicted molar refractivity (Wildman–Crippen MR) is 147 cm³/mol. The number of rotatable bonds is 4. The average Bonchev–Trinajstić information content (AvgIpc) is 3.46. The number of nitrogens with zero attached hydrogens (tertiary/aromatic N) is 2. The van der Waals surface area contributed by atoms with E-state index in [2.05, 4.69) is 15.3 Å². The van der Waals surface area contributed by atoms with E-state index in [9.17, 15) is 23.1 Å². The zero-order chi connectivity index (χ0) is 30.2. The number of alkyl halides is 3. The summed E-state index contributed by atoms with van der Waals surface area (Å²) in [5.74, 6) is -3.55. The van der Waals surface area contributed by atoms with Crippen molar-refractivity contribution in [2.45, 2.75) is 11.9 Å². The first-order chi connectivity index (χ1) is 19.9. The van der Waals surface area contributed by atoms with Crippen molar-refractivity contribution in [3.63, 3.8) is 0 Å². The van der Waals surface area contributed by atoms with Gasteiger partial charge in [0.05, 0.1) is 21.7 Å². The molecule has 13 heteroatoms. The summed E-state index contributed by atoms with van der Waals surface area (Å²) in [5.41, 5.74) is 1.06. The Morgan fingerprint density at radius 1 is 0.976 bits per heavy atom. The highest BCUT2D eigenvalue weighted by molar-refractivity contribution is 6.31. The van der Waals surface area contributed by atoms with Crippen molar-refractivity contribution in [2.24, 2.45) is 0 Å². The number of carbonyl (C=O) groups is 2. The third-order valence-corrected chi connectivity index (χ3v) is 6.69. The van der Waals surface area contributed by atoms with Crippen molar-refractivity contribution in [3.05, 3.63) is 119 Å². The van der Waals surface area contributed by atoms with Crippen LogP contribution in [-0.4, -0.2) is 38.2 Å². The van der Waals surface area contributed by atoms with Crippen molar-refractivity contribution in [2.75, 3.05) is 10.2 Å². The van der Waals surface area contributed by atoms with Crippen molar-refractivity contribution in [1.29, 1.82) is 0 Å². The van der Waals surface area contributed by atoms with Crippen LogP contribution in [0, 0.1) is 5.82 Å². The normalized spacial score (nSPS) is 16.1. The van der Waals surface area contributed by atoms with E-state index in [0.29, 0.717) is 22.6 Å². The fourth-order valence-electron chi connectivity index (χ4n) is 4.53. The van der Waals surface area contributed by atoms with E-state index in [1.165, 1.54) is 18.2 Å². The lowest BCUT2D eigenvalue weighted by atomic mass is 9.93. The molecule has 0 bridgehead atoms. The molecule has 0 radical (unpaired) electrons. The maximum atomic E-state index is 15.1. The number of carboxylic acid groups (broad SMARTS) is 1. The Morgan fingerprint density at radius 3 is 2.33 bits per heavy atom. The molecule has 1 aliphatic heterocycles. The minimum absolute atomic E-state index is 0.116. The zero-order valence-electron chi connectivity index (χ0n) is 21.2. The second kappa shape index (κ2) is 10.8. The molecule has 1 aromatic heterocycles. The number of para-hydroxylation sites is 1. The Kier molecular flexibility index (Phi) is 7.35. The summed E-state index contributed by atoms with van der Waals surface area (Å²) in [4.78, 5) is 31.2. The Hall–Kier alpha value is -4.94. The van der Waals surface area contributed by atoms with Gasteiger partial charge in [0.25, 0.3) is 5.91 Å². The van der Waals surface area contributed by atoms with Crippen LogP contribution in [-0.2, 0) is 10.5 Å². The highest BCUT2D eigenvalue weighted by Crippen LogP contribution is 2.46. The molecule has 1 amide bonds. The second-order valence-electron chi connectivity index (χ2n) is 9.04. The molecule has 8 nitrogen and oxygen atoms in total. The quantitative estimate of drug-likeness (QED) is 0.173. The molecule has 6 rings (SSSR count). The van der Waals surface area contributed by atoms with E-state index in [1.54, 1.807) is 42.5 Å². The highest BCUT2D eigenvalue weighted by Gasteiger charge is 2.51. The van der Waals surface area contributed by atoms with Gasteiger partial charge in [-0.3, -0.25) is 9.69 Å². The third kappa shape index (κ3) is 5.13. The van der Waals surface area contributed by atoms with E-state index in [-0.39, 0.29) is 16.3 Å². The lowest BCUT2D eigenvalue weighted by Gasteiger charge is -2.35. The van der Waals surface area contributed by atoms with Gasteiger partial charge in [-0.25, -0.2) is 14.2 Å². The smallest absolute Gasteiger partial charge is 0.475 e. The molecule has 2 heterocycles. The SMILES string of the molecule is O=C(O)C(F)(F)F.O=C1c2ccccc2C(O)(c2ccc3[nH]c(Nc4ccccc4)nc3c2)N1c1cccc(Cl)c1F. The number of hydrogen-bond acceptors (Lipinski definition) is 5. The Morgan fingerprint density at radius 2 is 1.64 bits per heavy atom. The van der Waals surface area contributed by atoms with Crippen molar-refractivity contribution < 1.29 is 37.4 Å². The summed E-state index contributed by atoms with van der Waals surface area (Å²) < 4.78 is 46.8. The first-order valence-electron chi connectivity index (χ1n) is 12.1. The number of benzene rings is 4. The topological polar surface area (TPSA) is 119 Å². The van der Waals surface area contributed by atoms with Crippen molar-refractivity contribution in [1.82, 2.24) is 9.97 Å². The van der Waals surface area contributed by atoms with E-state index in [1.807, 2.05) is 30.3 Å². The van der Waals surface area contributed by atoms with Gasteiger partial charge >= 0.3 is 12.1 Å². The number of aliphatic carboxylic acids is 1. The molecular weight excluding hydrogens is 580 g/mol. The molecule has 4 aromatic carbocycles. The number of fused-ring (bicyclic) bond motifs is 2. The molecule has 0 saturated carbocycles. The van der Waals surface area contributed by atoms with Gasteiger partial charge in [0.15, 0.2) is 11.5 Å². The molecule has 1 atom stereocenters. The summed E-state index contributed by atoms with van der Waals surface area (Å²) >= 11 is 6.02. The molecule has 1 aliphatic rings. The fraction of sp³-hybridized carbons (Fsp3) is 0.0690. The summed E-state index contributed by atoms with van der Waals surface area (Å²) in [6, 6.07) is 25.8. The number of carbonyl (C=O) groups excluding carboxylic acids is 1. The van der Waals surface area contributed by atoms with Gasteiger partial charge in [0.2, 0.25) is 5.95 Å². The number of H-pyrrole nitrogens is 1. The van der Waals surface area contributed by atoms with Gasteiger partial charge in [0, 0.05) is 22.4 Å². The maximum Gasteiger partial charge on any atom is 0.490 e. The largest absolute Gasteiger partial charge is 0.490 e. The number of anilines is 3. The van der Waals surface area contributed by atoms with E-state index in [0.717, 1.165) is 16.1 Å². The Labute approximate surface area is 239 Å². The molecule has 1 unspecified atom stereocenters. The summed E-state index contributed by atoms with van der Waals surface area (Å²) in [6.07, 6.45) is -5.08. The number of amides is 1. The van der Waals surface area contributed by atoms with Gasteiger partial charge in [-0.2, -0.15) is 13.2 Å². The average molecular weight is 599 g/mol. The molecule has 42 heavy (non-hydrogen) atoms. The van der Waals surface area contributed by atoms with Crippen LogP contribution in [0.3, 0.4) is 0 Å². The number of halogens is 5. The lowest BCUT2D eigenvalue weighted by molar-refractivity contribution is -0.192. The first kappa shape index (κ1) is 28.6. The molecule has 214 valence electrons. The number of carboxylic acids is 1. The van der Waals surface area contributed by atoms with Gasteiger partial charge in [-0.15, -0.1) is 0 Å². The molecule has 0 fully saturated rings. The molecular formula is C29H19ClF4N4O4. The van der Waals surface area contributed by atoms with Crippen LogP contribution in [0.25, 0.3) is 11.0 Å². The molecule has 0 spiro atoms. The summed E-state index contributed by atoms with van der Waals surface area (Å²) in [5, 5.41) is 22.3. The van der Waals surface area contributed by atoms with E-state index < -0.39 is 29.6 Å². The summed E-state index contributed by atoms with van der Waals surface area (Å²) in [7, 11) is 0. The van der Waals surface area contributed by atoms with Gasteiger partial charge in [-0.1, -0.05) is 60.1 Å². The molecule has 0 aliphatic carbocycles. The Bertz CT molecular complexity index is 1810. The third-order valence-electron chi connectivity index (χ3n) is 6.40. The van der Waals surface area contributed by atoms with Crippen LogP contribution >= 0.6 is 11.6 Å². The number of hydrogen-bond donors (Lipinski definition) is 4. The van der Waals surface area contributed by atoms with Crippen LogP contribution < -0.4 is 10.2 Å². The lowest BCUT2D eigenvalue weighted by Crippen LogP contribution is -2.45. The van der Waals surface area contributed by atoms with Crippen molar-refractivity contribution in [3.8, 4) is 0 Å². The number of imidazole rings is 1. The second-order valence-corrected chi connectivity index (χ2v) is 9.45. The van der Waals surface area contributed by atoms with Crippen LogP contribution in [0.1, 0.15) is 21.5 Å². The van der Waals surface area contributed by atoms with Gasteiger partial charge in [0.1, 0.15) is 0 Å².